The van der Waals surface area contributed by atoms with Gasteiger partial charge in [0.2, 0.25) is 5.91 Å². The average molecular weight is 345 g/mol. The van der Waals surface area contributed by atoms with E-state index in [1.807, 2.05) is 0 Å². The molecule has 1 aromatic rings. The molecule has 2 aliphatic rings. The Hall–Kier alpha value is -2.57. The van der Waals surface area contributed by atoms with Gasteiger partial charge in [0.1, 0.15) is 0 Å². The summed E-state index contributed by atoms with van der Waals surface area (Å²) in [6.07, 6.45) is 1.55. The summed E-state index contributed by atoms with van der Waals surface area (Å²) in [5.74, 6) is 0.0500. The monoisotopic (exact) mass is 345 g/mol. The number of amides is 3. The third-order valence-electron chi connectivity index (χ3n) is 4.42. The number of anilines is 1. The summed E-state index contributed by atoms with van der Waals surface area (Å²) in [4.78, 5) is 39.6. The molecule has 0 unspecified atom stereocenters. The zero-order chi connectivity index (χ0) is 17.8. The van der Waals surface area contributed by atoms with Crippen molar-refractivity contribution in [2.24, 2.45) is 5.92 Å². The quantitative estimate of drug-likeness (QED) is 0.905. The van der Waals surface area contributed by atoms with Gasteiger partial charge in [0, 0.05) is 43.3 Å². The van der Waals surface area contributed by atoms with Crippen LogP contribution in [0.25, 0.3) is 0 Å². The summed E-state index contributed by atoms with van der Waals surface area (Å²) in [5, 5.41) is 2.86. The SMILES string of the molecule is CCOC(=O)N1CCN(C(=O)c2cccc(NC(=O)C3CC3)c2)CC1. The topological polar surface area (TPSA) is 79.0 Å². The third kappa shape index (κ3) is 4.29. The minimum Gasteiger partial charge on any atom is -0.450 e. The van der Waals surface area contributed by atoms with Crippen LogP contribution in [0.5, 0.6) is 0 Å². The molecule has 1 saturated heterocycles. The number of hydrogen-bond acceptors (Lipinski definition) is 4. The van der Waals surface area contributed by atoms with Gasteiger partial charge in [-0.2, -0.15) is 0 Å². The van der Waals surface area contributed by atoms with E-state index in [0.717, 1.165) is 12.8 Å². The molecule has 3 amide bonds. The molecule has 7 heteroatoms. The lowest BCUT2D eigenvalue weighted by molar-refractivity contribution is -0.117. The molecular formula is C18H23N3O4. The number of benzene rings is 1. The smallest absolute Gasteiger partial charge is 0.409 e. The van der Waals surface area contributed by atoms with Gasteiger partial charge in [-0.25, -0.2) is 4.79 Å². The number of nitrogens with zero attached hydrogens (tertiary/aromatic N) is 2. The van der Waals surface area contributed by atoms with Crippen molar-refractivity contribution in [3.8, 4) is 0 Å². The minimum absolute atomic E-state index is 0.0210. The lowest BCUT2D eigenvalue weighted by Crippen LogP contribution is -2.50. The van der Waals surface area contributed by atoms with Crippen molar-refractivity contribution in [1.82, 2.24) is 9.80 Å². The van der Waals surface area contributed by atoms with Gasteiger partial charge in [-0.05, 0) is 38.0 Å². The van der Waals surface area contributed by atoms with E-state index in [9.17, 15) is 14.4 Å². The van der Waals surface area contributed by atoms with Gasteiger partial charge >= 0.3 is 6.09 Å². The Morgan fingerprint density at radius 1 is 1.12 bits per heavy atom. The second-order valence-corrected chi connectivity index (χ2v) is 6.32. The zero-order valence-electron chi connectivity index (χ0n) is 14.4. The van der Waals surface area contributed by atoms with Crippen molar-refractivity contribution in [3.63, 3.8) is 0 Å². The Labute approximate surface area is 146 Å². The first-order chi connectivity index (χ1) is 12.1. The molecule has 25 heavy (non-hydrogen) atoms. The molecule has 1 N–H and O–H groups in total. The first-order valence-corrected chi connectivity index (χ1v) is 8.70. The summed E-state index contributed by atoms with van der Waals surface area (Å²) < 4.78 is 4.98. The maximum absolute atomic E-state index is 12.7. The largest absolute Gasteiger partial charge is 0.450 e. The van der Waals surface area contributed by atoms with Crippen LogP contribution in [-0.4, -0.2) is 60.5 Å². The van der Waals surface area contributed by atoms with E-state index < -0.39 is 0 Å². The van der Waals surface area contributed by atoms with Crippen LogP contribution in [-0.2, 0) is 9.53 Å². The van der Waals surface area contributed by atoms with Crippen molar-refractivity contribution < 1.29 is 19.1 Å². The Kier molecular flexibility index (Phi) is 5.21. The minimum atomic E-state index is -0.334. The summed E-state index contributed by atoms with van der Waals surface area (Å²) in [7, 11) is 0. The first-order valence-electron chi connectivity index (χ1n) is 8.70. The van der Waals surface area contributed by atoms with Gasteiger partial charge in [0.15, 0.2) is 0 Å². The van der Waals surface area contributed by atoms with Crippen molar-refractivity contribution >= 4 is 23.6 Å². The van der Waals surface area contributed by atoms with Crippen LogP contribution in [0.2, 0.25) is 0 Å². The van der Waals surface area contributed by atoms with Crippen LogP contribution in [0.1, 0.15) is 30.1 Å². The van der Waals surface area contributed by atoms with Crippen molar-refractivity contribution in [2.45, 2.75) is 19.8 Å². The third-order valence-corrected chi connectivity index (χ3v) is 4.42. The molecule has 0 spiro atoms. The highest BCUT2D eigenvalue weighted by Gasteiger charge is 2.30. The summed E-state index contributed by atoms with van der Waals surface area (Å²) in [5.41, 5.74) is 1.19. The lowest BCUT2D eigenvalue weighted by atomic mass is 10.1. The lowest BCUT2D eigenvalue weighted by Gasteiger charge is -2.34. The molecule has 1 saturated carbocycles. The highest BCUT2D eigenvalue weighted by atomic mass is 16.6. The van der Waals surface area contributed by atoms with E-state index in [2.05, 4.69) is 5.32 Å². The van der Waals surface area contributed by atoms with Crippen molar-refractivity contribution in [1.29, 1.82) is 0 Å². The maximum Gasteiger partial charge on any atom is 0.409 e. The second kappa shape index (κ2) is 7.55. The number of piperazine rings is 1. The van der Waals surface area contributed by atoms with E-state index in [0.29, 0.717) is 44.0 Å². The van der Waals surface area contributed by atoms with Crippen LogP contribution in [0.3, 0.4) is 0 Å². The fourth-order valence-electron chi connectivity index (χ4n) is 2.81. The molecule has 134 valence electrons. The van der Waals surface area contributed by atoms with Gasteiger partial charge < -0.3 is 19.9 Å². The first kappa shape index (κ1) is 17.3. The fourth-order valence-corrected chi connectivity index (χ4v) is 2.81. The van der Waals surface area contributed by atoms with E-state index in [-0.39, 0.29) is 23.8 Å². The zero-order valence-corrected chi connectivity index (χ0v) is 14.4. The Bertz CT molecular complexity index is 664. The molecule has 0 bridgehead atoms. The second-order valence-electron chi connectivity index (χ2n) is 6.32. The Morgan fingerprint density at radius 2 is 1.80 bits per heavy atom. The average Bonchev–Trinajstić information content (AvgIpc) is 3.47. The van der Waals surface area contributed by atoms with E-state index in [1.54, 1.807) is 41.0 Å². The van der Waals surface area contributed by atoms with Gasteiger partial charge in [0.25, 0.3) is 5.91 Å². The van der Waals surface area contributed by atoms with E-state index in [4.69, 9.17) is 4.74 Å². The normalized spacial score (nSPS) is 17.2. The van der Waals surface area contributed by atoms with Crippen LogP contribution in [0.4, 0.5) is 10.5 Å². The molecule has 0 atom stereocenters. The number of ether oxygens (including phenoxy) is 1. The van der Waals surface area contributed by atoms with E-state index >= 15 is 0 Å². The summed E-state index contributed by atoms with van der Waals surface area (Å²) in [6.45, 7) is 3.97. The number of hydrogen-bond donors (Lipinski definition) is 1. The van der Waals surface area contributed by atoms with Crippen LogP contribution >= 0.6 is 0 Å². The molecule has 2 fully saturated rings. The van der Waals surface area contributed by atoms with Gasteiger partial charge in [-0.15, -0.1) is 0 Å². The van der Waals surface area contributed by atoms with Crippen molar-refractivity contribution in [3.05, 3.63) is 29.8 Å². The standard InChI is InChI=1S/C18H23N3O4/c1-2-25-18(24)21-10-8-20(9-11-21)17(23)14-4-3-5-15(12-14)19-16(22)13-6-7-13/h3-5,12-13H,2,6-11H2,1H3,(H,19,22). The number of carbonyl (C=O) groups excluding carboxylic acids is 3. The highest BCUT2D eigenvalue weighted by Crippen LogP contribution is 2.30. The molecule has 1 aliphatic heterocycles. The van der Waals surface area contributed by atoms with Gasteiger partial charge in [-0.3, -0.25) is 9.59 Å². The molecule has 1 aromatic carbocycles. The molecule has 1 aliphatic carbocycles. The molecule has 0 radical (unpaired) electrons. The molecule has 3 rings (SSSR count). The van der Waals surface area contributed by atoms with Gasteiger partial charge in [0.05, 0.1) is 6.61 Å². The molecular weight excluding hydrogens is 322 g/mol. The molecule has 1 heterocycles. The van der Waals surface area contributed by atoms with Crippen LogP contribution in [0, 0.1) is 5.92 Å². The Balaban J connectivity index is 1.58. The predicted octanol–water partition coefficient (Wildman–Crippen LogP) is 1.95. The Morgan fingerprint density at radius 3 is 2.44 bits per heavy atom. The molecule has 7 nitrogen and oxygen atoms in total. The van der Waals surface area contributed by atoms with E-state index in [1.165, 1.54) is 0 Å². The molecule has 0 aromatic heterocycles. The van der Waals surface area contributed by atoms with Crippen LogP contribution < -0.4 is 5.32 Å². The highest BCUT2D eigenvalue weighted by molar-refractivity contribution is 5.98. The number of carbonyl (C=O) groups is 3. The fraction of sp³-hybridized carbons (Fsp3) is 0.500. The number of nitrogens with one attached hydrogen (secondary N) is 1. The summed E-state index contributed by atoms with van der Waals surface area (Å²) >= 11 is 0. The van der Waals surface area contributed by atoms with Crippen molar-refractivity contribution in [2.75, 3.05) is 38.1 Å². The van der Waals surface area contributed by atoms with Gasteiger partial charge in [-0.1, -0.05) is 6.07 Å². The van der Waals surface area contributed by atoms with Crippen LogP contribution in [0.15, 0.2) is 24.3 Å². The summed E-state index contributed by atoms with van der Waals surface area (Å²) in [6, 6.07) is 7.01. The maximum atomic E-state index is 12.7. The predicted molar refractivity (Wildman–Crippen MR) is 92.3 cm³/mol. The number of rotatable bonds is 4.